The summed E-state index contributed by atoms with van der Waals surface area (Å²) in [6.45, 7) is 0. The molecule has 0 saturated carbocycles. The van der Waals surface area contributed by atoms with E-state index in [-0.39, 0.29) is 21.5 Å². The number of hydrogen-bond acceptors (Lipinski definition) is 3. The lowest BCUT2D eigenvalue weighted by Crippen LogP contribution is -1.85. The van der Waals surface area contributed by atoms with Crippen LogP contribution >= 0.6 is 23.2 Å². The Morgan fingerprint density at radius 1 is 0.824 bits per heavy atom. The zero-order valence-corrected chi connectivity index (χ0v) is 10.0. The second kappa shape index (κ2) is 4.73. The predicted molar refractivity (Wildman–Crippen MR) is 66.3 cm³/mol. The number of ether oxygens (including phenoxy) is 1. The van der Waals surface area contributed by atoms with Crippen LogP contribution in [-0.4, -0.2) is 10.2 Å². The fourth-order valence-electron chi connectivity index (χ4n) is 1.24. The molecular formula is C12H8Cl2O3. The molecule has 0 aliphatic rings. The minimum atomic E-state index is -0.102. The summed E-state index contributed by atoms with van der Waals surface area (Å²) in [5.74, 6) is 0.883. The lowest BCUT2D eigenvalue weighted by atomic mass is 10.3. The van der Waals surface area contributed by atoms with Crippen LogP contribution in [0.15, 0.2) is 36.4 Å². The minimum Gasteiger partial charge on any atom is -0.508 e. The van der Waals surface area contributed by atoms with E-state index in [4.69, 9.17) is 33.0 Å². The molecule has 0 amide bonds. The van der Waals surface area contributed by atoms with Gasteiger partial charge in [-0.05, 0) is 36.4 Å². The van der Waals surface area contributed by atoms with E-state index >= 15 is 0 Å². The Labute approximate surface area is 108 Å². The summed E-state index contributed by atoms with van der Waals surface area (Å²) in [5.41, 5.74) is 0. The van der Waals surface area contributed by atoms with E-state index in [1.807, 2.05) is 0 Å². The maximum atomic E-state index is 9.32. The zero-order valence-electron chi connectivity index (χ0n) is 8.52. The number of benzene rings is 2. The molecule has 0 aliphatic heterocycles. The molecular weight excluding hydrogens is 263 g/mol. The van der Waals surface area contributed by atoms with Crippen LogP contribution in [-0.2, 0) is 0 Å². The average molecular weight is 271 g/mol. The van der Waals surface area contributed by atoms with Crippen molar-refractivity contribution in [1.29, 1.82) is 0 Å². The third-order valence-corrected chi connectivity index (χ3v) is 2.95. The molecule has 3 nitrogen and oxygen atoms in total. The highest BCUT2D eigenvalue weighted by atomic mass is 35.5. The Morgan fingerprint density at radius 2 is 1.47 bits per heavy atom. The molecule has 0 aliphatic carbocycles. The van der Waals surface area contributed by atoms with Gasteiger partial charge in [0.05, 0.1) is 0 Å². The molecule has 2 aromatic rings. The van der Waals surface area contributed by atoms with Gasteiger partial charge < -0.3 is 14.9 Å². The van der Waals surface area contributed by atoms with Crippen molar-refractivity contribution >= 4 is 23.2 Å². The molecule has 0 aromatic heterocycles. The third kappa shape index (κ3) is 2.57. The molecule has 0 fully saturated rings. The molecule has 2 rings (SSSR count). The zero-order chi connectivity index (χ0) is 12.4. The molecule has 0 unspecified atom stereocenters. The minimum absolute atomic E-state index is 0.0444. The number of aromatic hydroxyl groups is 2. The summed E-state index contributed by atoms with van der Waals surface area (Å²) in [7, 11) is 0. The standard InChI is InChI=1S/C12H8Cl2O3/c13-11-9(16)5-6-10(12(11)14)17-8-3-1-7(15)2-4-8/h1-6,15-16H. The van der Waals surface area contributed by atoms with Crippen LogP contribution in [0.1, 0.15) is 0 Å². The van der Waals surface area contributed by atoms with Crippen LogP contribution in [0.25, 0.3) is 0 Å². The Kier molecular flexibility index (Phi) is 3.31. The summed E-state index contributed by atoms with van der Waals surface area (Å²) in [6, 6.07) is 9.07. The molecule has 5 heteroatoms. The molecule has 17 heavy (non-hydrogen) atoms. The Morgan fingerprint density at radius 3 is 2.12 bits per heavy atom. The molecule has 2 aromatic carbocycles. The lowest BCUT2D eigenvalue weighted by molar-refractivity contribution is 0.459. The highest BCUT2D eigenvalue weighted by molar-refractivity contribution is 6.43. The quantitative estimate of drug-likeness (QED) is 0.860. The van der Waals surface area contributed by atoms with Crippen LogP contribution < -0.4 is 4.74 Å². The van der Waals surface area contributed by atoms with E-state index in [1.165, 1.54) is 24.3 Å². The maximum Gasteiger partial charge on any atom is 0.147 e. The van der Waals surface area contributed by atoms with E-state index in [2.05, 4.69) is 0 Å². The second-order valence-electron chi connectivity index (χ2n) is 3.31. The van der Waals surface area contributed by atoms with E-state index in [0.717, 1.165) is 0 Å². The van der Waals surface area contributed by atoms with Crippen molar-refractivity contribution in [1.82, 2.24) is 0 Å². The maximum absolute atomic E-state index is 9.32. The van der Waals surface area contributed by atoms with Gasteiger partial charge in [0.2, 0.25) is 0 Å². The SMILES string of the molecule is Oc1ccc(Oc2ccc(O)c(Cl)c2Cl)cc1. The van der Waals surface area contributed by atoms with Gasteiger partial charge in [-0.15, -0.1) is 0 Å². The molecule has 0 saturated heterocycles. The number of hydrogen-bond donors (Lipinski definition) is 2. The largest absolute Gasteiger partial charge is 0.508 e. The molecule has 0 radical (unpaired) electrons. The van der Waals surface area contributed by atoms with Crippen molar-refractivity contribution in [2.75, 3.05) is 0 Å². The van der Waals surface area contributed by atoms with Gasteiger partial charge >= 0.3 is 0 Å². The van der Waals surface area contributed by atoms with Gasteiger partial charge in [0.25, 0.3) is 0 Å². The average Bonchev–Trinajstić information content (AvgIpc) is 2.33. The molecule has 0 heterocycles. The number of rotatable bonds is 2. The summed E-state index contributed by atoms with van der Waals surface area (Å²) < 4.78 is 5.46. The van der Waals surface area contributed by atoms with Crippen LogP contribution in [0.5, 0.6) is 23.0 Å². The highest BCUT2D eigenvalue weighted by Crippen LogP contribution is 2.39. The summed E-state index contributed by atoms with van der Waals surface area (Å²) in [6.07, 6.45) is 0. The van der Waals surface area contributed by atoms with E-state index in [9.17, 15) is 5.11 Å². The number of phenolic OH excluding ortho intramolecular Hbond substituents is 2. The monoisotopic (exact) mass is 270 g/mol. The first-order chi connectivity index (χ1) is 8.08. The van der Waals surface area contributed by atoms with Gasteiger partial charge in [-0.25, -0.2) is 0 Å². The molecule has 0 spiro atoms. The van der Waals surface area contributed by atoms with Crippen molar-refractivity contribution in [3.8, 4) is 23.0 Å². The first-order valence-electron chi connectivity index (χ1n) is 4.72. The van der Waals surface area contributed by atoms with Gasteiger partial charge in [0.1, 0.15) is 33.0 Å². The van der Waals surface area contributed by atoms with Crippen molar-refractivity contribution in [2.24, 2.45) is 0 Å². The third-order valence-electron chi connectivity index (χ3n) is 2.09. The smallest absolute Gasteiger partial charge is 0.147 e. The van der Waals surface area contributed by atoms with E-state index in [1.54, 1.807) is 12.1 Å². The Bertz CT molecular complexity index is 538. The van der Waals surface area contributed by atoms with Gasteiger partial charge in [0, 0.05) is 0 Å². The fourth-order valence-corrected chi connectivity index (χ4v) is 1.60. The van der Waals surface area contributed by atoms with Gasteiger partial charge in [-0.3, -0.25) is 0 Å². The molecule has 88 valence electrons. The molecule has 2 N–H and O–H groups in total. The summed E-state index contributed by atoms with van der Waals surface area (Å²) >= 11 is 11.7. The number of phenols is 2. The first kappa shape index (κ1) is 11.9. The van der Waals surface area contributed by atoms with Crippen molar-refractivity contribution < 1.29 is 14.9 Å². The van der Waals surface area contributed by atoms with Crippen LogP contribution in [0.4, 0.5) is 0 Å². The highest BCUT2D eigenvalue weighted by Gasteiger charge is 2.11. The summed E-state index contributed by atoms with van der Waals surface area (Å²) in [4.78, 5) is 0. The second-order valence-corrected chi connectivity index (χ2v) is 4.06. The molecule has 0 atom stereocenters. The predicted octanol–water partition coefficient (Wildman–Crippen LogP) is 4.20. The first-order valence-corrected chi connectivity index (χ1v) is 5.47. The van der Waals surface area contributed by atoms with E-state index in [0.29, 0.717) is 11.5 Å². The van der Waals surface area contributed by atoms with Crippen molar-refractivity contribution in [3.63, 3.8) is 0 Å². The normalized spacial score (nSPS) is 10.2. The van der Waals surface area contributed by atoms with Crippen molar-refractivity contribution in [2.45, 2.75) is 0 Å². The Balaban J connectivity index is 2.30. The van der Waals surface area contributed by atoms with Gasteiger partial charge in [-0.1, -0.05) is 23.2 Å². The Hall–Kier alpha value is -1.58. The molecule has 0 bridgehead atoms. The topological polar surface area (TPSA) is 49.7 Å². The van der Waals surface area contributed by atoms with Crippen LogP contribution in [0, 0.1) is 0 Å². The van der Waals surface area contributed by atoms with Crippen LogP contribution in [0.3, 0.4) is 0 Å². The van der Waals surface area contributed by atoms with Gasteiger partial charge in [-0.2, -0.15) is 0 Å². The van der Waals surface area contributed by atoms with Gasteiger partial charge in [0.15, 0.2) is 0 Å². The fraction of sp³-hybridized carbons (Fsp3) is 0. The van der Waals surface area contributed by atoms with E-state index < -0.39 is 0 Å². The van der Waals surface area contributed by atoms with Crippen LogP contribution in [0.2, 0.25) is 10.0 Å². The summed E-state index contributed by atoms with van der Waals surface area (Å²) in [5, 5.41) is 18.6. The van der Waals surface area contributed by atoms with Crippen molar-refractivity contribution in [3.05, 3.63) is 46.4 Å². The number of halogens is 2. The lowest BCUT2D eigenvalue weighted by Gasteiger charge is -2.09.